The van der Waals surface area contributed by atoms with Crippen LogP contribution in [0.4, 0.5) is 10.5 Å². The van der Waals surface area contributed by atoms with E-state index in [9.17, 15) is 14.4 Å². The van der Waals surface area contributed by atoms with Gasteiger partial charge in [-0.1, -0.05) is 15.9 Å². The Balaban J connectivity index is 1.73. The van der Waals surface area contributed by atoms with E-state index in [4.69, 9.17) is 5.11 Å². The molecule has 1 aromatic rings. The molecule has 1 aromatic carbocycles. The van der Waals surface area contributed by atoms with Crippen LogP contribution in [0, 0.1) is 0 Å². The van der Waals surface area contributed by atoms with Crippen molar-refractivity contribution < 1.29 is 19.5 Å². The van der Waals surface area contributed by atoms with E-state index in [2.05, 4.69) is 26.6 Å². The number of hydrogen-bond donors (Lipinski definition) is 3. The average molecular weight is 384 g/mol. The minimum absolute atomic E-state index is 0.0809. The Morgan fingerprint density at radius 2 is 1.96 bits per heavy atom. The fourth-order valence-corrected chi connectivity index (χ4v) is 2.72. The van der Waals surface area contributed by atoms with Gasteiger partial charge in [-0.2, -0.15) is 0 Å². The summed E-state index contributed by atoms with van der Waals surface area (Å²) >= 11 is 3.30. The maximum absolute atomic E-state index is 12.0. The summed E-state index contributed by atoms with van der Waals surface area (Å²) in [6.07, 6.45) is 1.26. The molecule has 0 aliphatic carbocycles. The summed E-state index contributed by atoms with van der Waals surface area (Å²) in [7, 11) is 0. The van der Waals surface area contributed by atoms with Crippen molar-refractivity contribution in [1.29, 1.82) is 0 Å². The van der Waals surface area contributed by atoms with Gasteiger partial charge in [-0.25, -0.2) is 9.59 Å². The molecule has 1 fully saturated rings. The van der Waals surface area contributed by atoms with Crippen LogP contribution < -0.4 is 10.6 Å². The van der Waals surface area contributed by atoms with E-state index in [0.29, 0.717) is 25.1 Å². The number of carboxylic acids is 1. The first-order chi connectivity index (χ1) is 11.0. The fraction of sp³-hybridized carbons (Fsp3) is 0.400. The largest absolute Gasteiger partial charge is 0.480 e. The van der Waals surface area contributed by atoms with Crippen LogP contribution in [0.3, 0.4) is 0 Å². The molecule has 0 spiro atoms. The van der Waals surface area contributed by atoms with Crippen molar-refractivity contribution in [3.8, 4) is 0 Å². The van der Waals surface area contributed by atoms with E-state index in [1.54, 1.807) is 24.3 Å². The third-order valence-corrected chi connectivity index (χ3v) is 4.11. The molecule has 3 N–H and O–H groups in total. The summed E-state index contributed by atoms with van der Waals surface area (Å²) in [6, 6.07) is 5.96. The molecule has 0 radical (unpaired) electrons. The molecule has 1 atom stereocenters. The van der Waals surface area contributed by atoms with Gasteiger partial charge in [0.1, 0.15) is 6.04 Å². The smallest absolute Gasteiger partial charge is 0.326 e. The number of nitrogens with zero attached hydrogens (tertiary/aromatic N) is 1. The summed E-state index contributed by atoms with van der Waals surface area (Å²) in [5, 5.41) is 14.3. The summed E-state index contributed by atoms with van der Waals surface area (Å²) in [6.45, 7) is 0.616. The lowest BCUT2D eigenvalue weighted by atomic mass is 10.2. The van der Waals surface area contributed by atoms with Gasteiger partial charge in [-0.3, -0.25) is 4.79 Å². The number of urea groups is 1. The van der Waals surface area contributed by atoms with Crippen LogP contribution >= 0.6 is 15.9 Å². The van der Waals surface area contributed by atoms with Crippen LogP contribution in [0.15, 0.2) is 28.7 Å². The highest BCUT2D eigenvalue weighted by atomic mass is 79.9. The van der Waals surface area contributed by atoms with Crippen molar-refractivity contribution in [2.75, 3.05) is 18.4 Å². The number of likely N-dealkylation sites (tertiary alicyclic amines) is 1. The molecule has 0 bridgehead atoms. The molecule has 0 aromatic heterocycles. The van der Waals surface area contributed by atoms with E-state index < -0.39 is 18.0 Å². The molecular weight excluding hydrogens is 366 g/mol. The van der Waals surface area contributed by atoms with Crippen LogP contribution in [0.1, 0.15) is 19.3 Å². The number of carbonyl (C=O) groups is 3. The quantitative estimate of drug-likeness (QED) is 0.724. The maximum Gasteiger partial charge on any atom is 0.326 e. The number of hydrogen-bond acceptors (Lipinski definition) is 3. The van der Waals surface area contributed by atoms with Gasteiger partial charge < -0.3 is 20.6 Å². The molecule has 8 heteroatoms. The van der Waals surface area contributed by atoms with E-state index >= 15 is 0 Å². The maximum atomic E-state index is 12.0. The first-order valence-electron chi connectivity index (χ1n) is 7.30. The van der Waals surface area contributed by atoms with Gasteiger partial charge >= 0.3 is 12.0 Å². The fourth-order valence-electron chi connectivity index (χ4n) is 2.46. The number of anilines is 1. The third kappa shape index (κ3) is 4.95. The Hall–Kier alpha value is -2.09. The van der Waals surface area contributed by atoms with E-state index in [-0.39, 0.29) is 18.9 Å². The number of benzene rings is 1. The van der Waals surface area contributed by atoms with Crippen molar-refractivity contribution in [2.24, 2.45) is 0 Å². The zero-order chi connectivity index (χ0) is 16.8. The zero-order valence-corrected chi connectivity index (χ0v) is 14.0. The van der Waals surface area contributed by atoms with Crippen molar-refractivity contribution in [1.82, 2.24) is 10.2 Å². The van der Waals surface area contributed by atoms with Gasteiger partial charge in [-0.05, 0) is 37.1 Å². The number of nitrogens with one attached hydrogen (secondary N) is 2. The zero-order valence-electron chi connectivity index (χ0n) is 12.4. The van der Waals surface area contributed by atoms with Crippen LogP contribution in [-0.4, -0.2) is 47.0 Å². The Bertz CT molecular complexity index is 591. The summed E-state index contributed by atoms with van der Waals surface area (Å²) in [5.41, 5.74) is 0.641. The molecule has 2 rings (SSSR count). The van der Waals surface area contributed by atoms with Gasteiger partial charge in [-0.15, -0.1) is 0 Å². The molecule has 0 saturated carbocycles. The highest BCUT2D eigenvalue weighted by molar-refractivity contribution is 9.10. The molecule has 0 unspecified atom stereocenters. The van der Waals surface area contributed by atoms with Crippen LogP contribution in [0.2, 0.25) is 0 Å². The van der Waals surface area contributed by atoms with Crippen LogP contribution in [-0.2, 0) is 9.59 Å². The predicted octanol–water partition coefficient (Wildman–Crippen LogP) is 2.04. The second-order valence-electron chi connectivity index (χ2n) is 5.22. The Morgan fingerprint density at radius 3 is 2.61 bits per heavy atom. The number of halogens is 1. The minimum atomic E-state index is -0.975. The number of aliphatic carboxylic acids is 1. The second kappa shape index (κ2) is 7.96. The van der Waals surface area contributed by atoms with Gasteiger partial charge in [0.05, 0.1) is 0 Å². The predicted molar refractivity (Wildman–Crippen MR) is 88.2 cm³/mol. The van der Waals surface area contributed by atoms with Crippen molar-refractivity contribution in [3.63, 3.8) is 0 Å². The number of rotatable bonds is 5. The van der Waals surface area contributed by atoms with Gasteiger partial charge in [0.2, 0.25) is 5.91 Å². The van der Waals surface area contributed by atoms with Gasteiger partial charge in [0.25, 0.3) is 0 Å². The van der Waals surface area contributed by atoms with E-state index in [0.717, 1.165) is 4.47 Å². The summed E-state index contributed by atoms with van der Waals surface area (Å²) < 4.78 is 0.910. The first kappa shape index (κ1) is 17.3. The number of amides is 3. The number of carboxylic acid groups (broad SMARTS) is 1. The van der Waals surface area contributed by atoms with E-state index in [1.165, 1.54) is 4.90 Å². The Labute approximate surface area is 142 Å². The van der Waals surface area contributed by atoms with Crippen LogP contribution in [0.5, 0.6) is 0 Å². The lowest BCUT2D eigenvalue weighted by Gasteiger charge is -2.21. The highest BCUT2D eigenvalue weighted by Crippen LogP contribution is 2.18. The standard InChI is InChI=1S/C15H18BrN3O4/c16-10-3-5-11(6-4-10)18-15(23)17-8-7-13(20)19-9-1-2-12(19)14(21)22/h3-6,12H,1-2,7-9H2,(H,21,22)(H2,17,18,23)/t12-/m1/s1. The minimum Gasteiger partial charge on any atom is -0.480 e. The molecule has 1 aliphatic heterocycles. The van der Waals surface area contributed by atoms with Crippen LogP contribution in [0.25, 0.3) is 0 Å². The summed E-state index contributed by atoms with van der Waals surface area (Å²) in [4.78, 5) is 36.2. The normalized spacial score (nSPS) is 16.9. The molecule has 3 amide bonds. The average Bonchev–Trinajstić information content (AvgIpc) is 2.99. The Kier molecular flexibility index (Phi) is 5.97. The topological polar surface area (TPSA) is 98.7 Å². The number of carbonyl (C=O) groups excluding carboxylic acids is 2. The van der Waals surface area contributed by atoms with Gasteiger partial charge in [0, 0.05) is 29.7 Å². The molecule has 124 valence electrons. The van der Waals surface area contributed by atoms with E-state index in [1.807, 2.05) is 0 Å². The van der Waals surface area contributed by atoms with Gasteiger partial charge in [0.15, 0.2) is 0 Å². The molecule has 23 heavy (non-hydrogen) atoms. The molecule has 7 nitrogen and oxygen atoms in total. The monoisotopic (exact) mass is 383 g/mol. The Morgan fingerprint density at radius 1 is 1.26 bits per heavy atom. The van der Waals surface area contributed by atoms with Crippen molar-refractivity contribution >= 4 is 39.5 Å². The SMILES string of the molecule is O=C(NCCC(=O)N1CCC[C@@H]1C(=O)O)Nc1ccc(Br)cc1. The molecular formula is C15H18BrN3O4. The molecule has 1 saturated heterocycles. The lowest BCUT2D eigenvalue weighted by molar-refractivity contribution is -0.148. The molecule has 1 heterocycles. The first-order valence-corrected chi connectivity index (χ1v) is 8.09. The highest BCUT2D eigenvalue weighted by Gasteiger charge is 2.33. The summed E-state index contributed by atoms with van der Waals surface area (Å²) in [5.74, 6) is -1.23. The van der Waals surface area contributed by atoms with Crippen molar-refractivity contribution in [2.45, 2.75) is 25.3 Å². The molecule has 1 aliphatic rings. The second-order valence-corrected chi connectivity index (χ2v) is 6.14. The lowest BCUT2D eigenvalue weighted by Crippen LogP contribution is -2.42. The third-order valence-electron chi connectivity index (χ3n) is 3.58. The van der Waals surface area contributed by atoms with Crippen molar-refractivity contribution in [3.05, 3.63) is 28.7 Å².